The Labute approximate surface area is 123 Å². The topological polar surface area (TPSA) is 74.6 Å². The summed E-state index contributed by atoms with van der Waals surface area (Å²) >= 11 is 0. The van der Waals surface area contributed by atoms with Gasteiger partial charge in [-0.05, 0) is 18.9 Å². The van der Waals surface area contributed by atoms with Crippen LogP contribution in [0.15, 0.2) is 30.3 Å². The van der Waals surface area contributed by atoms with Crippen molar-refractivity contribution >= 4 is 49.7 Å². The van der Waals surface area contributed by atoms with E-state index >= 15 is 0 Å². The Morgan fingerprint density at radius 2 is 1.56 bits per heavy atom. The molecule has 16 heavy (non-hydrogen) atoms. The van der Waals surface area contributed by atoms with Gasteiger partial charge in [-0.2, -0.15) is 0 Å². The molecule has 1 rings (SSSR count). The van der Waals surface area contributed by atoms with Crippen molar-refractivity contribution in [3.63, 3.8) is 0 Å². The zero-order valence-electron chi connectivity index (χ0n) is 8.30. The van der Waals surface area contributed by atoms with Crippen LogP contribution in [0.3, 0.4) is 0 Å². The van der Waals surface area contributed by atoms with Crippen molar-refractivity contribution in [1.82, 2.24) is 0 Å². The molecule has 0 atom stereocenters. The van der Waals surface area contributed by atoms with Crippen LogP contribution in [0, 0.1) is 5.41 Å². The molecule has 0 heterocycles. The fraction of sp³-hybridized carbons (Fsp3) is 0.273. The molecule has 0 saturated heterocycles. The van der Waals surface area contributed by atoms with Gasteiger partial charge < -0.3 is 10.2 Å². The van der Waals surface area contributed by atoms with E-state index in [4.69, 9.17) is 10.2 Å². The average Bonchev–Trinajstić information content (AvgIpc) is 2.18. The monoisotopic (exact) mass is 250 g/mol. The molecule has 0 spiro atoms. The number of rotatable bonds is 4. The Morgan fingerprint density at radius 1 is 1.12 bits per heavy atom. The van der Waals surface area contributed by atoms with Crippen LogP contribution >= 0.6 is 0 Å². The van der Waals surface area contributed by atoms with Gasteiger partial charge in [0.15, 0.2) is 5.41 Å². The van der Waals surface area contributed by atoms with Crippen molar-refractivity contribution in [3.05, 3.63) is 35.9 Å². The van der Waals surface area contributed by atoms with Gasteiger partial charge in [0, 0.05) is 0 Å². The minimum atomic E-state index is -1.76. The van der Waals surface area contributed by atoms with Crippen LogP contribution in [0.1, 0.15) is 12.5 Å². The van der Waals surface area contributed by atoms with Crippen LogP contribution in [0.5, 0.6) is 0 Å². The van der Waals surface area contributed by atoms with Gasteiger partial charge in [-0.25, -0.2) is 0 Å². The second-order valence-corrected chi connectivity index (χ2v) is 3.60. The van der Waals surface area contributed by atoms with E-state index in [1.165, 1.54) is 6.92 Å². The van der Waals surface area contributed by atoms with Gasteiger partial charge >= 0.3 is 49.7 Å². The first-order chi connectivity index (χ1) is 6.97. The van der Waals surface area contributed by atoms with Crippen LogP contribution in [0.2, 0.25) is 0 Å². The van der Waals surface area contributed by atoms with E-state index in [0.717, 1.165) is 0 Å². The van der Waals surface area contributed by atoms with Crippen LogP contribution in [0.25, 0.3) is 0 Å². The summed E-state index contributed by atoms with van der Waals surface area (Å²) < 4.78 is 0. The Kier molecular flexibility index (Phi) is 6.00. The normalized spacial score (nSPS) is 10.3. The fourth-order valence-electron chi connectivity index (χ4n) is 1.25. The van der Waals surface area contributed by atoms with E-state index in [0.29, 0.717) is 5.56 Å². The Bertz CT molecular complexity index is 361. The Hall–Kier alpha value is -0.580. The molecular weight excluding hydrogens is 236 g/mol. The summed E-state index contributed by atoms with van der Waals surface area (Å²) in [4.78, 5) is 21.8. The maximum absolute atomic E-state index is 10.9. The number of hydrogen-bond donors (Lipinski definition) is 2. The molecule has 0 amide bonds. The summed E-state index contributed by atoms with van der Waals surface area (Å²) in [5.41, 5.74) is -1.06. The Morgan fingerprint density at radius 3 is 1.94 bits per heavy atom. The summed E-state index contributed by atoms with van der Waals surface area (Å²) in [6.07, 6.45) is -0.0154. The first kappa shape index (κ1) is 15.4. The van der Waals surface area contributed by atoms with Crippen LogP contribution in [0.4, 0.5) is 0 Å². The van der Waals surface area contributed by atoms with Gasteiger partial charge in [0.1, 0.15) is 0 Å². The molecule has 0 aliphatic heterocycles. The van der Waals surface area contributed by atoms with Gasteiger partial charge in [0.05, 0.1) is 0 Å². The zero-order chi connectivity index (χ0) is 11.5. The molecule has 0 unspecified atom stereocenters. The maximum atomic E-state index is 10.9. The molecule has 1 aromatic rings. The van der Waals surface area contributed by atoms with Gasteiger partial charge in [0.2, 0.25) is 0 Å². The van der Waals surface area contributed by atoms with E-state index in [1.54, 1.807) is 30.3 Å². The van der Waals surface area contributed by atoms with Crippen molar-refractivity contribution in [2.45, 2.75) is 13.3 Å². The van der Waals surface area contributed by atoms with E-state index in [-0.39, 0.29) is 44.2 Å². The molecule has 0 radical (unpaired) electrons. The molecule has 0 fully saturated rings. The van der Waals surface area contributed by atoms with E-state index in [2.05, 4.69) is 0 Å². The zero-order valence-corrected chi connectivity index (χ0v) is 8.30. The molecule has 4 nitrogen and oxygen atoms in total. The van der Waals surface area contributed by atoms with E-state index in [1.807, 2.05) is 0 Å². The van der Waals surface area contributed by atoms with Gasteiger partial charge in [-0.15, -0.1) is 0 Å². The van der Waals surface area contributed by atoms with Crippen LogP contribution in [-0.4, -0.2) is 59.9 Å². The molecule has 1 aromatic carbocycles. The summed E-state index contributed by atoms with van der Waals surface area (Å²) in [5, 5.41) is 17.8. The summed E-state index contributed by atoms with van der Waals surface area (Å²) in [5.74, 6) is -2.64. The Balaban J connectivity index is 0.00000225. The van der Waals surface area contributed by atoms with Gasteiger partial charge in [-0.3, -0.25) is 9.59 Å². The molecule has 0 aliphatic carbocycles. The molecule has 0 aromatic heterocycles. The summed E-state index contributed by atoms with van der Waals surface area (Å²) in [7, 11) is 0. The van der Waals surface area contributed by atoms with Crippen molar-refractivity contribution in [3.8, 4) is 0 Å². The fourth-order valence-corrected chi connectivity index (χ4v) is 1.25. The van der Waals surface area contributed by atoms with Crippen molar-refractivity contribution in [1.29, 1.82) is 0 Å². The second kappa shape index (κ2) is 6.23. The first-order valence-electron chi connectivity index (χ1n) is 4.47. The standard InChI is InChI=1S/C11H12O4.Ca.2H/c1-11(9(12)13,10(14)15)7-8-5-3-2-4-6-8;;;/h2-6H,7H2,1H3,(H,12,13)(H,14,15);;;. The first-order valence-corrected chi connectivity index (χ1v) is 4.47. The third-order valence-electron chi connectivity index (χ3n) is 2.34. The SMILES string of the molecule is CC(Cc1ccccc1)(C(=O)O)C(=O)O.[CaH2]. The van der Waals surface area contributed by atoms with E-state index < -0.39 is 17.4 Å². The van der Waals surface area contributed by atoms with E-state index in [9.17, 15) is 9.59 Å². The molecule has 2 N–H and O–H groups in total. The number of aliphatic carboxylic acids is 2. The quantitative estimate of drug-likeness (QED) is 0.602. The predicted octanol–water partition coefficient (Wildman–Crippen LogP) is 0.488. The summed E-state index contributed by atoms with van der Waals surface area (Å²) in [6, 6.07) is 8.72. The van der Waals surface area contributed by atoms with Crippen molar-refractivity contribution < 1.29 is 19.8 Å². The van der Waals surface area contributed by atoms with Crippen LogP contribution < -0.4 is 0 Å². The third kappa shape index (κ3) is 3.47. The van der Waals surface area contributed by atoms with Crippen molar-refractivity contribution in [2.24, 2.45) is 5.41 Å². The number of benzene rings is 1. The molecule has 84 valence electrons. The molecule has 0 saturated carbocycles. The molecule has 5 heteroatoms. The number of carbonyl (C=O) groups is 2. The molecular formula is C11H14CaO4. The number of hydrogen-bond acceptors (Lipinski definition) is 2. The minimum absolute atomic E-state index is 0. The third-order valence-corrected chi connectivity index (χ3v) is 2.34. The summed E-state index contributed by atoms with van der Waals surface area (Å²) in [6.45, 7) is 1.21. The number of carboxylic acids is 2. The van der Waals surface area contributed by atoms with Crippen LogP contribution in [-0.2, 0) is 16.0 Å². The van der Waals surface area contributed by atoms with Gasteiger partial charge in [0.25, 0.3) is 0 Å². The second-order valence-electron chi connectivity index (χ2n) is 3.60. The molecule has 0 bridgehead atoms. The molecule has 0 aliphatic rings. The van der Waals surface area contributed by atoms with Gasteiger partial charge in [-0.1, -0.05) is 30.3 Å². The average molecular weight is 250 g/mol. The predicted molar refractivity (Wildman–Crippen MR) is 62.1 cm³/mol. The van der Waals surface area contributed by atoms with Crippen molar-refractivity contribution in [2.75, 3.05) is 0 Å². The number of carboxylic acid groups (broad SMARTS) is 2.